The number of aliphatic hydroxyl groups excluding tert-OH is 1. The fourth-order valence-corrected chi connectivity index (χ4v) is 2.76. The zero-order chi connectivity index (χ0) is 17.8. The van der Waals surface area contributed by atoms with Crippen molar-refractivity contribution < 1.29 is 9.90 Å². The molecule has 0 saturated heterocycles. The molecule has 1 aromatic carbocycles. The standard InChI is InChI=1S/C17H18N6O2/c1-11(25)20-13-4-2-3-12(7-13)16-14-8-23(10-18)9-15(14)21-17(22-16)19-5-6-24/h2-4,7,24H,5-6,8-9H2,1H3,(H,20,25)(H,19,21,22). The number of fused-ring (bicyclic) bond motifs is 1. The third-order valence-electron chi connectivity index (χ3n) is 3.78. The van der Waals surface area contributed by atoms with Crippen molar-refractivity contribution in [2.24, 2.45) is 0 Å². The minimum absolute atomic E-state index is 0.0296. The number of rotatable bonds is 5. The fourth-order valence-electron chi connectivity index (χ4n) is 2.76. The van der Waals surface area contributed by atoms with Crippen LogP contribution in [0, 0.1) is 11.5 Å². The van der Waals surface area contributed by atoms with Crippen LogP contribution in [0.3, 0.4) is 0 Å². The van der Waals surface area contributed by atoms with Crippen molar-refractivity contribution in [3.05, 3.63) is 35.5 Å². The summed E-state index contributed by atoms with van der Waals surface area (Å²) in [7, 11) is 0. The summed E-state index contributed by atoms with van der Waals surface area (Å²) in [5, 5.41) is 23.9. The summed E-state index contributed by atoms with van der Waals surface area (Å²) in [5.74, 6) is 0.263. The molecule has 2 aromatic rings. The lowest BCUT2D eigenvalue weighted by Crippen LogP contribution is -2.11. The van der Waals surface area contributed by atoms with Crippen LogP contribution in [0.2, 0.25) is 0 Å². The molecular weight excluding hydrogens is 320 g/mol. The van der Waals surface area contributed by atoms with Gasteiger partial charge in [0.1, 0.15) is 0 Å². The molecule has 128 valence electrons. The summed E-state index contributed by atoms with van der Waals surface area (Å²) in [6.07, 6.45) is 2.14. The summed E-state index contributed by atoms with van der Waals surface area (Å²) in [4.78, 5) is 21.9. The molecule has 0 atom stereocenters. The maximum atomic E-state index is 11.3. The Hall–Kier alpha value is -3.18. The molecule has 25 heavy (non-hydrogen) atoms. The molecule has 8 nitrogen and oxygen atoms in total. The first-order valence-electron chi connectivity index (χ1n) is 7.88. The van der Waals surface area contributed by atoms with Gasteiger partial charge in [0.2, 0.25) is 11.9 Å². The Kier molecular flexibility index (Phi) is 4.77. The van der Waals surface area contributed by atoms with Gasteiger partial charge >= 0.3 is 0 Å². The second-order valence-electron chi connectivity index (χ2n) is 5.69. The maximum absolute atomic E-state index is 11.3. The number of hydrogen-bond donors (Lipinski definition) is 3. The molecule has 8 heteroatoms. The Morgan fingerprint density at radius 3 is 2.96 bits per heavy atom. The van der Waals surface area contributed by atoms with E-state index < -0.39 is 0 Å². The maximum Gasteiger partial charge on any atom is 0.223 e. The lowest BCUT2D eigenvalue weighted by Gasteiger charge is -2.11. The predicted octanol–water partition coefficient (Wildman–Crippen LogP) is 1.30. The third-order valence-corrected chi connectivity index (χ3v) is 3.78. The van der Waals surface area contributed by atoms with Crippen molar-refractivity contribution >= 4 is 17.5 Å². The first kappa shape index (κ1) is 16.7. The second kappa shape index (κ2) is 7.15. The molecule has 0 bridgehead atoms. The molecule has 1 aliphatic heterocycles. The van der Waals surface area contributed by atoms with E-state index in [4.69, 9.17) is 5.11 Å². The van der Waals surface area contributed by atoms with Gasteiger partial charge in [-0.1, -0.05) is 12.1 Å². The fraction of sp³-hybridized carbons (Fsp3) is 0.294. The molecule has 0 spiro atoms. The number of carbonyl (C=O) groups excluding carboxylic acids is 1. The molecule has 0 aliphatic carbocycles. The minimum Gasteiger partial charge on any atom is -0.395 e. The van der Waals surface area contributed by atoms with E-state index in [1.807, 2.05) is 18.2 Å². The van der Waals surface area contributed by atoms with E-state index in [0.717, 1.165) is 22.5 Å². The van der Waals surface area contributed by atoms with Crippen LogP contribution in [0.25, 0.3) is 11.3 Å². The van der Waals surface area contributed by atoms with Crippen molar-refractivity contribution in [3.63, 3.8) is 0 Å². The molecule has 3 rings (SSSR count). The van der Waals surface area contributed by atoms with Gasteiger partial charge in [-0.25, -0.2) is 9.97 Å². The summed E-state index contributed by atoms with van der Waals surface area (Å²) in [5.41, 5.74) is 3.91. The minimum atomic E-state index is -0.147. The van der Waals surface area contributed by atoms with Gasteiger partial charge in [-0.05, 0) is 12.1 Å². The second-order valence-corrected chi connectivity index (χ2v) is 5.69. The average molecular weight is 338 g/mol. The molecule has 0 radical (unpaired) electrons. The van der Waals surface area contributed by atoms with Gasteiger partial charge in [-0.15, -0.1) is 0 Å². The van der Waals surface area contributed by atoms with Crippen LogP contribution in [0.1, 0.15) is 18.2 Å². The molecule has 0 unspecified atom stereocenters. The Bertz CT molecular complexity index is 846. The SMILES string of the molecule is CC(=O)Nc1cccc(-c2nc(NCCO)nc3c2CN(C#N)C3)c1. The Morgan fingerprint density at radius 2 is 2.24 bits per heavy atom. The highest BCUT2D eigenvalue weighted by molar-refractivity contribution is 5.89. The Balaban J connectivity index is 2.04. The number of aromatic nitrogens is 2. The van der Waals surface area contributed by atoms with Gasteiger partial charge in [0.15, 0.2) is 6.19 Å². The number of nitriles is 1. The summed E-state index contributed by atoms with van der Waals surface area (Å²) in [6.45, 7) is 2.65. The van der Waals surface area contributed by atoms with Crippen LogP contribution >= 0.6 is 0 Å². The number of anilines is 2. The number of carbonyl (C=O) groups is 1. The number of amides is 1. The molecule has 3 N–H and O–H groups in total. The van der Waals surface area contributed by atoms with Gasteiger partial charge in [-0.2, -0.15) is 5.26 Å². The normalized spacial score (nSPS) is 12.4. The lowest BCUT2D eigenvalue weighted by molar-refractivity contribution is -0.114. The average Bonchev–Trinajstić information content (AvgIpc) is 3.02. The van der Waals surface area contributed by atoms with E-state index in [0.29, 0.717) is 31.3 Å². The highest BCUT2D eigenvalue weighted by Crippen LogP contribution is 2.32. The highest BCUT2D eigenvalue weighted by atomic mass is 16.3. The van der Waals surface area contributed by atoms with Crippen molar-refractivity contribution in [2.75, 3.05) is 23.8 Å². The van der Waals surface area contributed by atoms with Gasteiger partial charge < -0.3 is 20.6 Å². The van der Waals surface area contributed by atoms with Gasteiger partial charge in [-0.3, -0.25) is 4.79 Å². The summed E-state index contributed by atoms with van der Waals surface area (Å²) in [6, 6.07) is 7.39. The molecule has 2 heterocycles. The van der Waals surface area contributed by atoms with Crippen LogP contribution in [-0.4, -0.2) is 39.0 Å². The topological polar surface area (TPSA) is 114 Å². The molecule has 0 fully saturated rings. The first-order valence-corrected chi connectivity index (χ1v) is 7.88. The number of nitrogens with one attached hydrogen (secondary N) is 2. The van der Waals surface area contributed by atoms with E-state index in [2.05, 4.69) is 26.8 Å². The third kappa shape index (κ3) is 3.67. The predicted molar refractivity (Wildman–Crippen MR) is 92.2 cm³/mol. The van der Waals surface area contributed by atoms with Crippen molar-refractivity contribution in [1.29, 1.82) is 5.26 Å². The van der Waals surface area contributed by atoms with Crippen LogP contribution in [-0.2, 0) is 17.9 Å². The number of benzene rings is 1. The largest absolute Gasteiger partial charge is 0.395 e. The van der Waals surface area contributed by atoms with E-state index >= 15 is 0 Å². The quantitative estimate of drug-likeness (QED) is 0.704. The first-order chi connectivity index (χ1) is 12.1. The van der Waals surface area contributed by atoms with E-state index in [1.165, 1.54) is 6.92 Å². The van der Waals surface area contributed by atoms with Gasteiger partial charge in [0.25, 0.3) is 0 Å². The number of aliphatic hydroxyl groups is 1. The number of nitrogens with zero attached hydrogens (tertiary/aromatic N) is 4. The van der Waals surface area contributed by atoms with Crippen LogP contribution < -0.4 is 10.6 Å². The molecule has 0 saturated carbocycles. The monoisotopic (exact) mass is 338 g/mol. The van der Waals surface area contributed by atoms with Gasteiger partial charge in [0.05, 0.1) is 31.1 Å². The van der Waals surface area contributed by atoms with Crippen molar-refractivity contribution in [3.8, 4) is 17.5 Å². The van der Waals surface area contributed by atoms with E-state index in [9.17, 15) is 10.1 Å². The van der Waals surface area contributed by atoms with Crippen molar-refractivity contribution in [1.82, 2.24) is 14.9 Å². The van der Waals surface area contributed by atoms with Gasteiger partial charge in [0, 0.05) is 30.3 Å². The van der Waals surface area contributed by atoms with E-state index in [1.54, 1.807) is 11.0 Å². The lowest BCUT2D eigenvalue weighted by atomic mass is 10.0. The zero-order valence-electron chi connectivity index (χ0n) is 13.8. The van der Waals surface area contributed by atoms with Crippen LogP contribution in [0.4, 0.5) is 11.6 Å². The molecule has 1 amide bonds. The summed E-state index contributed by atoms with van der Waals surface area (Å²) >= 11 is 0. The number of hydrogen-bond acceptors (Lipinski definition) is 7. The molecule has 1 aliphatic rings. The molecule has 1 aromatic heterocycles. The Labute approximate surface area is 145 Å². The van der Waals surface area contributed by atoms with Crippen molar-refractivity contribution in [2.45, 2.75) is 20.0 Å². The summed E-state index contributed by atoms with van der Waals surface area (Å²) < 4.78 is 0. The smallest absolute Gasteiger partial charge is 0.223 e. The van der Waals surface area contributed by atoms with Crippen LogP contribution in [0.5, 0.6) is 0 Å². The molecular formula is C17H18N6O2. The Morgan fingerprint density at radius 1 is 1.40 bits per heavy atom. The zero-order valence-corrected chi connectivity index (χ0v) is 13.8. The van der Waals surface area contributed by atoms with Crippen LogP contribution in [0.15, 0.2) is 24.3 Å². The highest BCUT2D eigenvalue weighted by Gasteiger charge is 2.25. The van der Waals surface area contributed by atoms with E-state index in [-0.39, 0.29) is 12.5 Å².